The molecule has 1 aliphatic heterocycles. The minimum absolute atomic E-state index is 0.0604. The number of benzene rings is 1. The van der Waals surface area contributed by atoms with Gasteiger partial charge in [0.15, 0.2) is 0 Å². The van der Waals surface area contributed by atoms with Crippen molar-refractivity contribution in [2.75, 3.05) is 39.8 Å². The second-order valence-electron chi connectivity index (χ2n) is 7.97. The first-order valence-corrected chi connectivity index (χ1v) is 9.28. The molecule has 5 nitrogen and oxygen atoms in total. The first kappa shape index (κ1) is 19.7. The summed E-state index contributed by atoms with van der Waals surface area (Å²) in [6.45, 7) is 7.56. The zero-order chi connectivity index (χ0) is 18.3. The lowest BCUT2D eigenvalue weighted by molar-refractivity contribution is 0.129. The van der Waals surface area contributed by atoms with Gasteiger partial charge in [-0.1, -0.05) is 44.2 Å². The highest BCUT2D eigenvalue weighted by Gasteiger charge is 2.30. The van der Waals surface area contributed by atoms with Crippen LogP contribution in [0.5, 0.6) is 0 Å². The van der Waals surface area contributed by atoms with Crippen molar-refractivity contribution < 1.29 is 9.90 Å². The number of hydrogen-bond acceptors (Lipinski definition) is 3. The molecule has 1 saturated heterocycles. The van der Waals surface area contributed by atoms with E-state index in [0.717, 1.165) is 25.2 Å². The van der Waals surface area contributed by atoms with Gasteiger partial charge >= 0.3 is 6.03 Å². The van der Waals surface area contributed by atoms with Gasteiger partial charge in [-0.25, -0.2) is 4.79 Å². The maximum Gasteiger partial charge on any atom is 0.314 e. The van der Waals surface area contributed by atoms with Crippen molar-refractivity contribution in [2.45, 2.75) is 32.6 Å². The lowest BCUT2D eigenvalue weighted by Gasteiger charge is -2.33. The molecule has 2 atom stereocenters. The molecular formula is C20H33N3O2. The smallest absolute Gasteiger partial charge is 0.314 e. The fourth-order valence-corrected chi connectivity index (χ4v) is 3.58. The Bertz CT molecular complexity index is 533. The third-order valence-electron chi connectivity index (χ3n) is 5.29. The molecule has 0 radical (unpaired) electrons. The normalized spacial score (nSPS) is 20.1. The predicted octanol–water partition coefficient (Wildman–Crippen LogP) is 2.43. The molecule has 1 heterocycles. The Morgan fingerprint density at radius 2 is 2.04 bits per heavy atom. The van der Waals surface area contributed by atoms with Crippen LogP contribution in [0.2, 0.25) is 0 Å². The molecule has 2 unspecified atom stereocenters. The van der Waals surface area contributed by atoms with Gasteiger partial charge in [-0.3, -0.25) is 0 Å². The van der Waals surface area contributed by atoms with E-state index in [2.05, 4.69) is 34.7 Å². The summed E-state index contributed by atoms with van der Waals surface area (Å²) >= 11 is 0. The summed E-state index contributed by atoms with van der Waals surface area (Å²) < 4.78 is 0. The Kier molecular flexibility index (Phi) is 7.26. The largest absolute Gasteiger partial charge is 0.396 e. The van der Waals surface area contributed by atoms with Gasteiger partial charge in [0, 0.05) is 32.2 Å². The summed E-state index contributed by atoms with van der Waals surface area (Å²) in [5.74, 6) is 0.591. The van der Waals surface area contributed by atoms with Gasteiger partial charge in [-0.2, -0.15) is 0 Å². The Morgan fingerprint density at radius 1 is 1.32 bits per heavy atom. The first-order valence-electron chi connectivity index (χ1n) is 9.28. The summed E-state index contributed by atoms with van der Waals surface area (Å²) in [6, 6.07) is 9.96. The highest BCUT2D eigenvalue weighted by molar-refractivity contribution is 5.73. The van der Waals surface area contributed by atoms with E-state index in [4.69, 9.17) is 0 Å². The van der Waals surface area contributed by atoms with Crippen molar-refractivity contribution in [3.8, 4) is 0 Å². The third-order valence-corrected chi connectivity index (χ3v) is 5.29. The summed E-state index contributed by atoms with van der Waals surface area (Å²) in [4.78, 5) is 14.5. The van der Waals surface area contributed by atoms with Crippen LogP contribution in [0.15, 0.2) is 30.3 Å². The highest BCUT2D eigenvalue weighted by Crippen LogP contribution is 2.34. The molecule has 0 spiro atoms. The number of amides is 2. The van der Waals surface area contributed by atoms with Crippen molar-refractivity contribution >= 4 is 6.03 Å². The van der Waals surface area contributed by atoms with Crippen molar-refractivity contribution in [1.29, 1.82) is 0 Å². The van der Waals surface area contributed by atoms with Crippen LogP contribution in [0.3, 0.4) is 0 Å². The van der Waals surface area contributed by atoms with Crippen LogP contribution in [-0.2, 0) is 0 Å². The molecular weight excluding hydrogens is 314 g/mol. The fraction of sp³-hybridized carbons (Fsp3) is 0.650. The van der Waals surface area contributed by atoms with Crippen LogP contribution in [0.4, 0.5) is 4.79 Å². The van der Waals surface area contributed by atoms with Crippen LogP contribution in [0, 0.1) is 11.3 Å². The van der Waals surface area contributed by atoms with E-state index in [-0.39, 0.29) is 24.0 Å². The monoisotopic (exact) mass is 347 g/mol. The molecule has 5 heteroatoms. The molecule has 0 saturated carbocycles. The van der Waals surface area contributed by atoms with Crippen LogP contribution in [-0.4, -0.2) is 55.9 Å². The maximum absolute atomic E-state index is 12.2. The van der Waals surface area contributed by atoms with Crippen molar-refractivity contribution in [1.82, 2.24) is 15.5 Å². The van der Waals surface area contributed by atoms with Gasteiger partial charge in [0.05, 0.1) is 0 Å². The first-order chi connectivity index (χ1) is 11.9. The quantitative estimate of drug-likeness (QED) is 0.710. The molecule has 25 heavy (non-hydrogen) atoms. The minimum atomic E-state index is -0.305. The lowest BCUT2D eigenvalue weighted by Crippen LogP contribution is -2.45. The second-order valence-corrected chi connectivity index (χ2v) is 7.97. The van der Waals surface area contributed by atoms with Gasteiger partial charge < -0.3 is 20.6 Å². The van der Waals surface area contributed by atoms with E-state index >= 15 is 0 Å². The number of piperidine rings is 1. The third kappa shape index (κ3) is 6.01. The van der Waals surface area contributed by atoms with Crippen molar-refractivity contribution in [3.05, 3.63) is 35.9 Å². The number of aliphatic hydroxyl groups is 1. The summed E-state index contributed by atoms with van der Waals surface area (Å²) in [5, 5.41) is 15.8. The zero-order valence-corrected chi connectivity index (χ0v) is 15.8. The number of nitrogens with one attached hydrogen (secondary N) is 2. The van der Waals surface area contributed by atoms with E-state index in [1.807, 2.05) is 32.0 Å². The van der Waals surface area contributed by atoms with E-state index in [9.17, 15) is 9.90 Å². The topological polar surface area (TPSA) is 64.6 Å². The summed E-state index contributed by atoms with van der Waals surface area (Å²) in [5.41, 5.74) is 0.830. The molecule has 3 N–H and O–H groups in total. The number of nitrogens with zero attached hydrogens (tertiary/aromatic N) is 1. The summed E-state index contributed by atoms with van der Waals surface area (Å²) in [7, 11) is 2.13. The molecule has 140 valence electrons. The van der Waals surface area contributed by atoms with Gasteiger partial charge in [-0.15, -0.1) is 0 Å². The molecule has 0 bridgehead atoms. The number of rotatable bonds is 7. The van der Waals surface area contributed by atoms with Gasteiger partial charge in [-0.05, 0) is 43.3 Å². The van der Waals surface area contributed by atoms with E-state index in [1.165, 1.54) is 12.8 Å². The van der Waals surface area contributed by atoms with E-state index in [0.29, 0.717) is 12.5 Å². The Hall–Kier alpha value is -1.59. The summed E-state index contributed by atoms with van der Waals surface area (Å²) in [6.07, 6.45) is 2.38. The highest BCUT2D eigenvalue weighted by atomic mass is 16.3. The Labute approximate surface area is 151 Å². The van der Waals surface area contributed by atoms with Crippen LogP contribution >= 0.6 is 0 Å². The molecule has 1 fully saturated rings. The number of urea groups is 1. The number of likely N-dealkylation sites (tertiary alicyclic amines) is 1. The molecule has 1 aromatic rings. The minimum Gasteiger partial charge on any atom is -0.396 e. The average molecular weight is 348 g/mol. The zero-order valence-electron chi connectivity index (χ0n) is 15.8. The molecule has 2 rings (SSSR count). The maximum atomic E-state index is 12.2. The predicted molar refractivity (Wildman–Crippen MR) is 102 cm³/mol. The number of carbonyl (C=O) groups is 1. The number of hydrogen-bond donors (Lipinski definition) is 3. The van der Waals surface area contributed by atoms with Gasteiger partial charge in [0.25, 0.3) is 0 Å². The van der Waals surface area contributed by atoms with E-state index < -0.39 is 0 Å². The molecule has 0 aromatic heterocycles. The second kappa shape index (κ2) is 9.20. The fourth-order valence-electron chi connectivity index (χ4n) is 3.58. The molecule has 1 aromatic carbocycles. The Morgan fingerprint density at radius 3 is 2.68 bits per heavy atom. The average Bonchev–Trinajstić information content (AvgIpc) is 2.61. The number of carbonyl (C=O) groups excluding carboxylic acids is 1. The van der Waals surface area contributed by atoms with Crippen LogP contribution in [0.1, 0.15) is 38.2 Å². The molecule has 1 aliphatic rings. The van der Waals surface area contributed by atoms with Crippen molar-refractivity contribution in [2.24, 2.45) is 11.3 Å². The SMILES string of the molecule is CN1CCCC(CNC(=O)NCC(c2ccccc2)C(C)(C)CO)C1. The molecule has 0 aliphatic carbocycles. The number of aliphatic hydroxyl groups excluding tert-OH is 1. The van der Waals surface area contributed by atoms with E-state index in [1.54, 1.807) is 0 Å². The standard InChI is InChI=1S/C20H33N3O2/c1-20(2,15-24)18(17-9-5-4-6-10-17)13-22-19(25)21-12-16-8-7-11-23(3)14-16/h4-6,9-10,16,18,24H,7-8,11-15H2,1-3H3,(H2,21,22,25). The Balaban J connectivity index is 1.86. The van der Waals surface area contributed by atoms with Crippen LogP contribution < -0.4 is 10.6 Å². The van der Waals surface area contributed by atoms with Gasteiger partial charge in [0.1, 0.15) is 0 Å². The van der Waals surface area contributed by atoms with Gasteiger partial charge in [0.2, 0.25) is 0 Å². The molecule has 2 amide bonds. The van der Waals surface area contributed by atoms with Crippen molar-refractivity contribution in [3.63, 3.8) is 0 Å². The van der Waals surface area contributed by atoms with Crippen LogP contribution in [0.25, 0.3) is 0 Å². The lowest BCUT2D eigenvalue weighted by atomic mass is 9.75.